The maximum Gasteiger partial charge on any atom is 0.321 e. The molecule has 0 aliphatic heterocycles. The van der Waals surface area contributed by atoms with E-state index in [4.69, 9.17) is 5.11 Å². The predicted octanol–water partition coefficient (Wildman–Crippen LogP) is 0.892. The lowest BCUT2D eigenvalue weighted by molar-refractivity contribution is -0.156. The molecule has 21 heavy (non-hydrogen) atoms. The van der Waals surface area contributed by atoms with Crippen molar-refractivity contribution in [2.45, 2.75) is 51.5 Å². The molecular formula is C13H23NO6S. The summed E-state index contributed by atoms with van der Waals surface area (Å²) in [7, 11) is -2.64. The maximum atomic E-state index is 12.2. The van der Waals surface area contributed by atoms with Crippen LogP contribution in [0.2, 0.25) is 0 Å². The van der Waals surface area contributed by atoms with Gasteiger partial charge in [0.05, 0.1) is 18.3 Å². The van der Waals surface area contributed by atoms with Gasteiger partial charge in [0.15, 0.2) is 0 Å². The summed E-state index contributed by atoms with van der Waals surface area (Å²) in [4.78, 5) is 22.9. The molecular weight excluding hydrogens is 298 g/mol. The Morgan fingerprint density at radius 1 is 1.38 bits per heavy atom. The van der Waals surface area contributed by atoms with Crippen LogP contribution in [0, 0.1) is 5.41 Å². The molecule has 2 N–H and O–H groups in total. The highest BCUT2D eigenvalue weighted by atomic mass is 32.2. The molecule has 1 aliphatic rings. The minimum Gasteiger partial charge on any atom is -0.480 e. The van der Waals surface area contributed by atoms with E-state index in [1.54, 1.807) is 0 Å². The van der Waals surface area contributed by atoms with E-state index in [-0.39, 0.29) is 6.42 Å². The molecule has 0 radical (unpaired) electrons. The third kappa shape index (κ3) is 4.67. The van der Waals surface area contributed by atoms with E-state index in [1.807, 2.05) is 6.92 Å². The summed E-state index contributed by atoms with van der Waals surface area (Å²) in [6, 6.07) is -1.15. The summed E-state index contributed by atoms with van der Waals surface area (Å²) < 4.78 is 31.2. The van der Waals surface area contributed by atoms with Gasteiger partial charge in [0, 0.05) is 0 Å². The lowest BCUT2D eigenvalue weighted by Crippen LogP contribution is -2.50. The number of methoxy groups -OCH3 is 1. The smallest absolute Gasteiger partial charge is 0.321 e. The standard InChI is InChI=1S/C13H23NO6S/c1-3-4-6-10(11(15)16)14-21(18,19)9-13(7-5-8-13)12(17)20-2/h10,14H,3-9H2,1-2H3,(H,15,16). The van der Waals surface area contributed by atoms with Crippen molar-refractivity contribution in [2.75, 3.05) is 12.9 Å². The molecule has 0 spiro atoms. The van der Waals surface area contributed by atoms with Gasteiger partial charge in [-0.15, -0.1) is 0 Å². The number of carbonyl (C=O) groups is 2. The Balaban J connectivity index is 2.75. The summed E-state index contributed by atoms with van der Waals surface area (Å²) in [5.41, 5.74) is -1.02. The van der Waals surface area contributed by atoms with Crippen molar-refractivity contribution in [1.29, 1.82) is 0 Å². The molecule has 122 valence electrons. The fourth-order valence-electron chi connectivity index (χ4n) is 2.49. The Kier molecular flexibility index (Phi) is 6.15. The van der Waals surface area contributed by atoms with Gasteiger partial charge in [-0.25, -0.2) is 13.1 Å². The van der Waals surface area contributed by atoms with Gasteiger partial charge in [0.2, 0.25) is 10.0 Å². The van der Waals surface area contributed by atoms with E-state index in [0.717, 1.165) is 12.8 Å². The van der Waals surface area contributed by atoms with Crippen LogP contribution in [0.15, 0.2) is 0 Å². The Morgan fingerprint density at radius 3 is 2.38 bits per heavy atom. The zero-order chi connectivity index (χ0) is 16.1. The van der Waals surface area contributed by atoms with Crippen molar-refractivity contribution in [3.63, 3.8) is 0 Å². The van der Waals surface area contributed by atoms with Gasteiger partial charge < -0.3 is 9.84 Å². The molecule has 0 amide bonds. The summed E-state index contributed by atoms with van der Waals surface area (Å²) in [5, 5.41) is 9.07. The first-order valence-electron chi connectivity index (χ1n) is 7.07. The maximum absolute atomic E-state index is 12.2. The van der Waals surface area contributed by atoms with Crippen LogP contribution >= 0.6 is 0 Å². The Bertz CT molecular complexity index is 483. The van der Waals surface area contributed by atoms with Crippen LogP contribution in [0.3, 0.4) is 0 Å². The van der Waals surface area contributed by atoms with Gasteiger partial charge in [-0.3, -0.25) is 9.59 Å². The van der Waals surface area contributed by atoms with Crippen LogP contribution < -0.4 is 4.72 Å². The quantitative estimate of drug-likeness (QED) is 0.610. The summed E-state index contributed by atoms with van der Waals surface area (Å²) in [6.45, 7) is 1.90. The van der Waals surface area contributed by atoms with Gasteiger partial charge in [-0.05, 0) is 19.3 Å². The van der Waals surface area contributed by atoms with E-state index in [0.29, 0.717) is 19.3 Å². The highest BCUT2D eigenvalue weighted by Gasteiger charge is 2.48. The number of hydrogen-bond acceptors (Lipinski definition) is 5. The third-order valence-corrected chi connectivity index (χ3v) is 5.44. The first-order valence-corrected chi connectivity index (χ1v) is 8.73. The van der Waals surface area contributed by atoms with Crippen LogP contribution in [0.1, 0.15) is 45.4 Å². The number of rotatable bonds is 9. The number of carboxylic acid groups (broad SMARTS) is 1. The molecule has 0 aromatic carbocycles. The van der Waals surface area contributed by atoms with E-state index in [1.165, 1.54) is 7.11 Å². The Morgan fingerprint density at radius 2 is 2.00 bits per heavy atom. The topological polar surface area (TPSA) is 110 Å². The van der Waals surface area contributed by atoms with Crippen molar-refractivity contribution in [3.8, 4) is 0 Å². The summed E-state index contributed by atoms with van der Waals surface area (Å²) in [6.07, 6.45) is 3.29. The monoisotopic (exact) mass is 321 g/mol. The van der Waals surface area contributed by atoms with Crippen LogP contribution in [0.4, 0.5) is 0 Å². The second-order valence-electron chi connectivity index (χ2n) is 5.54. The lowest BCUT2D eigenvalue weighted by Gasteiger charge is -2.38. The molecule has 8 heteroatoms. The van der Waals surface area contributed by atoms with Crippen LogP contribution in [0.5, 0.6) is 0 Å². The molecule has 1 aliphatic carbocycles. The molecule has 0 saturated heterocycles. The average Bonchev–Trinajstić information content (AvgIpc) is 2.37. The number of hydrogen-bond donors (Lipinski definition) is 2. The minimum atomic E-state index is -3.86. The normalized spacial score (nSPS) is 18.6. The molecule has 7 nitrogen and oxygen atoms in total. The number of sulfonamides is 1. The van der Waals surface area contributed by atoms with Crippen molar-refractivity contribution in [3.05, 3.63) is 0 Å². The Labute approximate surface area is 125 Å². The number of carbonyl (C=O) groups excluding carboxylic acids is 1. The largest absolute Gasteiger partial charge is 0.480 e. The molecule has 0 heterocycles. The van der Waals surface area contributed by atoms with E-state index >= 15 is 0 Å². The lowest BCUT2D eigenvalue weighted by atomic mass is 9.70. The molecule has 1 saturated carbocycles. The van der Waals surface area contributed by atoms with Gasteiger partial charge in [-0.1, -0.05) is 26.2 Å². The molecule has 1 rings (SSSR count). The zero-order valence-electron chi connectivity index (χ0n) is 12.4. The highest BCUT2D eigenvalue weighted by Crippen LogP contribution is 2.43. The highest BCUT2D eigenvalue weighted by molar-refractivity contribution is 7.89. The molecule has 1 atom stereocenters. The van der Waals surface area contributed by atoms with Crippen molar-refractivity contribution in [1.82, 2.24) is 4.72 Å². The predicted molar refractivity (Wildman–Crippen MR) is 76.2 cm³/mol. The zero-order valence-corrected chi connectivity index (χ0v) is 13.2. The van der Waals surface area contributed by atoms with Crippen LogP contribution in [-0.4, -0.2) is 44.4 Å². The average molecular weight is 321 g/mol. The molecule has 0 bridgehead atoms. The summed E-state index contributed by atoms with van der Waals surface area (Å²) in [5.74, 6) is -2.16. The fraction of sp³-hybridized carbons (Fsp3) is 0.846. The third-order valence-electron chi connectivity index (χ3n) is 3.86. The molecule has 0 aromatic rings. The number of esters is 1. The molecule has 0 aromatic heterocycles. The van der Waals surface area contributed by atoms with Crippen molar-refractivity contribution in [2.24, 2.45) is 5.41 Å². The van der Waals surface area contributed by atoms with Gasteiger partial charge >= 0.3 is 11.9 Å². The van der Waals surface area contributed by atoms with Gasteiger partial charge in [0.1, 0.15) is 6.04 Å². The second kappa shape index (κ2) is 7.22. The van der Waals surface area contributed by atoms with Crippen molar-refractivity contribution >= 4 is 22.0 Å². The van der Waals surface area contributed by atoms with E-state index < -0.39 is 39.2 Å². The summed E-state index contributed by atoms with van der Waals surface area (Å²) >= 11 is 0. The Hall–Kier alpha value is -1.15. The van der Waals surface area contributed by atoms with Gasteiger partial charge in [0.25, 0.3) is 0 Å². The second-order valence-corrected chi connectivity index (χ2v) is 7.29. The SMILES string of the molecule is CCCCC(NS(=O)(=O)CC1(C(=O)OC)CCC1)C(=O)O. The number of ether oxygens (including phenoxy) is 1. The number of nitrogens with one attached hydrogen (secondary N) is 1. The number of unbranched alkanes of at least 4 members (excludes halogenated alkanes) is 1. The molecule has 1 unspecified atom stereocenters. The fourth-order valence-corrected chi connectivity index (χ4v) is 4.36. The first-order chi connectivity index (χ1) is 9.76. The van der Waals surface area contributed by atoms with E-state index in [9.17, 15) is 18.0 Å². The molecule has 1 fully saturated rings. The van der Waals surface area contributed by atoms with Crippen LogP contribution in [0.25, 0.3) is 0 Å². The van der Waals surface area contributed by atoms with Crippen molar-refractivity contribution < 1.29 is 27.9 Å². The minimum absolute atomic E-state index is 0.232. The first kappa shape index (κ1) is 17.9. The number of aliphatic carboxylic acids is 1. The van der Waals surface area contributed by atoms with Crippen LogP contribution in [-0.2, 0) is 24.3 Å². The van der Waals surface area contributed by atoms with Gasteiger partial charge in [-0.2, -0.15) is 0 Å². The van der Waals surface area contributed by atoms with E-state index in [2.05, 4.69) is 9.46 Å². The number of carboxylic acids is 1.